The van der Waals surface area contributed by atoms with Gasteiger partial charge in [0.2, 0.25) is 21.8 Å². The van der Waals surface area contributed by atoms with Crippen molar-refractivity contribution in [3.8, 4) is 0 Å². The standard InChI is InChI=1S/C19H23N3O4S/c1-14-3-7-17(8-4-14)22(15(2)23)13-19(24)21-12-11-16-5-9-18(10-6-16)27(20,25)26/h3-10H,11-13H2,1-2H3,(H,21,24)(H2,20,25,26). The third-order valence-electron chi connectivity index (χ3n) is 4.02. The van der Waals surface area contributed by atoms with Gasteiger partial charge in [0, 0.05) is 19.2 Å². The number of sulfonamides is 1. The highest BCUT2D eigenvalue weighted by molar-refractivity contribution is 7.89. The Kier molecular flexibility index (Phi) is 6.70. The average Bonchev–Trinajstić information content (AvgIpc) is 2.60. The minimum atomic E-state index is -3.71. The molecule has 2 rings (SSSR count). The Labute approximate surface area is 159 Å². The number of hydrogen-bond acceptors (Lipinski definition) is 4. The highest BCUT2D eigenvalue weighted by atomic mass is 32.2. The summed E-state index contributed by atoms with van der Waals surface area (Å²) in [5.41, 5.74) is 2.60. The van der Waals surface area contributed by atoms with E-state index in [2.05, 4.69) is 5.32 Å². The van der Waals surface area contributed by atoms with Crippen molar-refractivity contribution in [2.45, 2.75) is 25.2 Å². The lowest BCUT2D eigenvalue weighted by atomic mass is 10.1. The van der Waals surface area contributed by atoms with Gasteiger partial charge in [-0.1, -0.05) is 29.8 Å². The minimum absolute atomic E-state index is 0.0467. The molecule has 0 aromatic heterocycles. The molecule has 2 amide bonds. The number of nitrogens with two attached hydrogens (primary N) is 1. The van der Waals surface area contributed by atoms with Crippen molar-refractivity contribution in [1.82, 2.24) is 5.32 Å². The normalized spacial score (nSPS) is 11.1. The van der Waals surface area contributed by atoms with E-state index >= 15 is 0 Å². The summed E-state index contributed by atoms with van der Waals surface area (Å²) >= 11 is 0. The SMILES string of the molecule is CC(=O)N(CC(=O)NCCc1ccc(S(N)(=O)=O)cc1)c1ccc(C)cc1. The zero-order valence-electron chi connectivity index (χ0n) is 15.3. The number of nitrogens with zero attached hydrogens (tertiary/aromatic N) is 1. The third-order valence-corrected chi connectivity index (χ3v) is 4.94. The van der Waals surface area contributed by atoms with Crippen molar-refractivity contribution < 1.29 is 18.0 Å². The lowest BCUT2D eigenvalue weighted by molar-refractivity contribution is -0.123. The first-order chi connectivity index (χ1) is 12.7. The van der Waals surface area contributed by atoms with Crippen molar-refractivity contribution in [3.05, 3.63) is 59.7 Å². The van der Waals surface area contributed by atoms with Gasteiger partial charge in [-0.3, -0.25) is 9.59 Å². The van der Waals surface area contributed by atoms with Crippen LogP contribution in [0.25, 0.3) is 0 Å². The van der Waals surface area contributed by atoms with Crippen LogP contribution in [0.1, 0.15) is 18.1 Å². The number of anilines is 1. The molecular weight excluding hydrogens is 366 g/mol. The van der Waals surface area contributed by atoms with Crippen molar-refractivity contribution in [3.63, 3.8) is 0 Å². The van der Waals surface area contributed by atoms with E-state index in [1.165, 1.54) is 24.0 Å². The Bertz CT molecular complexity index is 907. The highest BCUT2D eigenvalue weighted by Gasteiger charge is 2.15. The second-order valence-electron chi connectivity index (χ2n) is 6.23. The lowest BCUT2D eigenvalue weighted by Crippen LogP contribution is -2.40. The smallest absolute Gasteiger partial charge is 0.240 e. The molecule has 0 aliphatic rings. The molecule has 27 heavy (non-hydrogen) atoms. The predicted octanol–water partition coefficient (Wildman–Crippen LogP) is 1.35. The second kappa shape index (κ2) is 8.79. The Balaban J connectivity index is 1.89. The van der Waals surface area contributed by atoms with Gasteiger partial charge >= 0.3 is 0 Å². The molecule has 0 aliphatic heterocycles. The maximum Gasteiger partial charge on any atom is 0.240 e. The third kappa shape index (κ3) is 6.19. The quantitative estimate of drug-likeness (QED) is 0.745. The summed E-state index contributed by atoms with van der Waals surface area (Å²) in [5, 5.41) is 7.82. The van der Waals surface area contributed by atoms with Crippen molar-refractivity contribution in [2.24, 2.45) is 5.14 Å². The summed E-state index contributed by atoms with van der Waals surface area (Å²) < 4.78 is 22.5. The van der Waals surface area contributed by atoms with Crippen LogP contribution in [0.3, 0.4) is 0 Å². The summed E-state index contributed by atoms with van der Waals surface area (Å²) in [4.78, 5) is 25.5. The average molecular weight is 389 g/mol. The van der Waals surface area contributed by atoms with Crippen LogP contribution in [-0.2, 0) is 26.0 Å². The molecule has 0 heterocycles. The zero-order chi connectivity index (χ0) is 20.0. The molecule has 0 fully saturated rings. The van der Waals surface area contributed by atoms with Gasteiger partial charge in [-0.15, -0.1) is 0 Å². The molecule has 0 spiro atoms. The number of hydrogen-bond donors (Lipinski definition) is 2. The number of carbonyl (C=O) groups excluding carboxylic acids is 2. The number of amides is 2. The van der Waals surface area contributed by atoms with Gasteiger partial charge in [0.1, 0.15) is 6.54 Å². The minimum Gasteiger partial charge on any atom is -0.354 e. The van der Waals surface area contributed by atoms with Gasteiger partial charge in [-0.25, -0.2) is 13.6 Å². The molecule has 0 aliphatic carbocycles. The molecular formula is C19H23N3O4S. The molecule has 0 bridgehead atoms. The largest absolute Gasteiger partial charge is 0.354 e. The first kappa shape index (κ1) is 20.6. The molecule has 3 N–H and O–H groups in total. The summed E-state index contributed by atoms with van der Waals surface area (Å²) in [6.45, 7) is 3.67. The van der Waals surface area contributed by atoms with Gasteiger partial charge < -0.3 is 10.2 Å². The first-order valence-corrected chi connectivity index (χ1v) is 9.94. The van der Waals surface area contributed by atoms with Crippen molar-refractivity contribution >= 4 is 27.5 Å². The fraction of sp³-hybridized carbons (Fsp3) is 0.263. The van der Waals surface area contributed by atoms with Crippen LogP contribution in [0, 0.1) is 6.92 Å². The molecule has 144 valence electrons. The predicted molar refractivity (Wildman–Crippen MR) is 104 cm³/mol. The van der Waals surface area contributed by atoms with Gasteiger partial charge in [-0.05, 0) is 43.2 Å². The van der Waals surface area contributed by atoms with E-state index < -0.39 is 10.0 Å². The van der Waals surface area contributed by atoms with E-state index in [1.807, 2.05) is 19.1 Å². The van der Waals surface area contributed by atoms with E-state index in [0.717, 1.165) is 11.1 Å². The number of benzene rings is 2. The number of carbonyl (C=O) groups is 2. The van der Waals surface area contributed by atoms with Crippen LogP contribution >= 0.6 is 0 Å². The Morgan fingerprint density at radius 3 is 2.15 bits per heavy atom. The van der Waals surface area contributed by atoms with Crippen molar-refractivity contribution in [1.29, 1.82) is 0 Å². The van der Waals surface area contributed by atoms with Crippen LogP contribution < -0.4 is 15.4 Å². The van der Waals surface area contributed by atoms with Gasteiger partial charge in [0.15, 0.2) is 0 Å². The van der Waals surface area contributed by atoms with E-state index in [4.69, 9.17) is 5.14 Å². The van der Waals surface area contributed by atoms with Gasteiger partial charge in [-0.2, -0.15) is 0 Å². The molecule has 7 nitrogen and oxygen atoms in total. The molecule has 2 aromatic carbocycles. The van der Waals surface area contributed by atoms with E-state index in [1.54, 1.807) is 24.3 Å². The molecule has 0 unspecified atom stereocenters. The summed E-state index contributed by atoms with van der Waals surface area (Å²) in [7, 11) is -3.71. The van der Waals surface area contributed by atoms with Crippen molar-refractivity contribution in [2.75, 3.05) is 18.0 Å². The molecule has 0 saturated heterocycles. The second-order valence-corrected chi connectivity index (χ2v) is 7.79. The summed E-state index contributed by atoms with van der Waals surface area (Å²) in [6, 6.07) is 13.5. The van der Waals surface area contributed by atoms with Crippen LogP contribution in [0.4, 0.5) is 5.69 Å². The first-order valence-electron chi connectivity index (χ1n) is 8.40. The molecule has 0 atom stereocenters. The summed E-state index contributed by atoms with van der Waals surface area (Å²) in [6.07, 6.45) is 0.529. The van der Waals surface area contributed by atoms with E-state index in [9.17, 15) is 18.0 Å². The van der Waals surface area contributed by atoms with Crippen LogP contribution in [-0.4, -0.2) is 33.3 Å². The maximum atomic E-state index is 12.2. The highest BCUT2D eigenvalue weighted by Crippen LogP contribution is 2.15. The van der Waals surface area contributed by atoms with E-state index in [0.29, 0.717) is 18.7 Å². The molecule has 2 aromatic rings. The van der Waals surface area contributed by atoms with Gasteiger partial charge in [0.05, 0.1) is 4.90 Å². The fourth-order valence-corrected chi connectivity index (χ4v) is 3.02. The van der Waals surface area contributed by atoms with Crippen LogP contribution in [0.5, 0.6) is 0 Å². The van der Waals surface area contributed by atoms with Crippen LogP contribution in [0.2, 0.25) is 0 Å². The van der Waals surface area contributed by atoms with E-state index in [-0.39, 0.29) is 23.3 Å². The topological polar surface area (TPSA) is 110 Å². The number of primary sulfonamides is 1. The Morgan fingerprint density at radius 2 is 1.63 bits per heavy atom. The lowest BCUT2D eigenvalue weighted by Gasteiger charge is -2.21. The molecule has 0 radical (unpaired) electrons. The number of nitrogens with one attached hydrogen (secondary N) is 1. The fourth-order valence-electron chi connectivity index (χ4n) is 2.50. The van der Waals surface area contributed by atoms with Crippen LogP contribution in [0.15, 0.2) is 53.4 Å². The summed E-state index contributed by atoms with van der Waals surface area (Å²) in [5.74, 6) is -0.487. The molecule has 8 heteroatoms. The monoisotopic (exact) mass is 389 g/mol. The zero-order valence-corrected chi connectivity index (χ0v) is 16.1. The van der Waals surface area contributed by atoms with Gasteiger partial charge in [0.25, 0.3) is 0 Å². The number of rotatable bonds is 7. The maximum absolute atomic E-state index is 12.2. The number of aryl methyl sites for hydroxylation is 1. The Hall–Kier alpha value is -2.71. The Morgan fingerprint density at radius 1 is 1.04 bits per heavy atom. The molecule has 0 saturated carbocycles.